The van der Waals surface area contributed by atoms with E-state index in [1.165, 1.54) is 6.07 Å². The van der Waals surface area contributed by atoms with Crippen molar-refractivity contribution in [3.8, 4) is 0 Å². The van der Waals surface area contributed by atoms with E-state index >= 15 is 0 Å². The maximum atomic E-state index is 13.8. The van der Waals surface area contributed by atoms with Gasteiger partial charge in [0.15, 0.2) is 18.0 Å². The van der Waals surface area contributed by atoms with Crippen LogP contribution >= 0.6 is 0 Å². The number of amides is 1. The summed E-state index contributed by atoms with van der Waals surface area (Å²) >= 11 is 0. The van der Waals surface area contributed by atoms with E-state index in [2.05, 4.69) is 5.32 Å². The zero-order valence-electron chi connectivity index (χ0n) is 15.5. The molecule has 1 fully saturated rings. The van der Waals surface area contributed by atoms with Gasteiger partial charge >= 0.3 is 5.97 Å². The molecule has 0 saturated carbocycles. The van der Waals surface area contributed by atoms with Crippen molar-refractivity contribution in [1.82, 2.24) is 0 Å². The van der Waals surface area contributed by atoms with Gasteiger partial charge in [0, 0.05) is 12.3 Å². The molecule has 1 heterocycles. The Morgan fingerprint density at radius 3 is 2.37 bits per heavy atom. The van der Waals surface area contributed by atoms with Crippen LogP contribution < -0.4 is 5.32 Å². The lowest BCUT2D eigenvalue weighted by Crippen LogP contribution is -2.29. The molecule has 1 aromatic rings. The zero-order valence-corrected chi connectivity index (χ0v) is 15.5. The highest BCUT2D eigenvalue weighted by atomic mass is 19.1. The number of anilines is 1. The van der Waals surface area contributed by atoms with Crippen LogP contribution in [0, 0.1) is 23.5 Å². The van der Waals surface area contributed by atoms with Crippen LogP contribution in [0.25, 0.3) is 0 Å². The summed E-state index contributed by atoms with van der Waals surface area (Å²) in [6.45, 7) is 5.54. The van der Waals surface area contributed by atoms with Crippen LogP contribution in [0.15, 0.2) is 18.2 Å². The highest BCUT2D eigenvalue weighted by molar-refractivity contribution is 5.99. The first-order valence-electron chi connectivity index (χ1n) is 8.84. The number of carbonyl (C=O) groups excluding carboxylic acids is 3. The Hall–Kier alpha value is -2.35. The smallest absolute Gasteiger partial charge is 0.338 e. The molecule has 148 valence electrons. The molecule has 0 bridgehead atoms. The zero-order chi connectivity index (χ0) is 20.1. The fourth-order valence-electron chi connectivity index (χ4n) is 2.81. The first-order chi connectivity index (χ1) is 12.7. The summed E-state index contributed by atoms with van der Waals surface area (Å²) in [5.41, 5.74) is -0.546. The van der Waals surface area contributed by atoms with Gasteiger partial charge in [-0.1, -0.05) is 19.9 Å². The third kappa shape index (κ3) is 5.56. The molecule has 0 spiro atoms. The van der Waals surface area contributed by atoms with Crippen LogP contribution in [0.3, 0.4) is 0 Å². The molecule has 1 aliphatic rings. The van der Waals surface area contributed by atoms with Gasteiger partial charge in [-0.15, -0.1) is 0 Å². The average molecular weight is 383 g/mol. The normalized spacial score (nSPS) is 19.5. The summed E-state index contributed by atoms with van der Waals surface area (Å²) in [5, 5.41) is 2.23. The van der Waals surface area contributed by atoms with Gasteiger partial charge in [0.2, 0.25) is 5.91 Å². The van der Waals surface area contributed by atoms with Crippen molar-refractivity contribution in [2.45, 2.75) is 45.8 Å². The second kappa shape index (κ2) is 9.03. The first kappa shape index (κ1) is 21.0. The number of carbonyl (C=O) groups is 3. The van der Waals surface area contributed by atoms with Gasteiger partial charge in [0.1, 0.15) is 17.3 Å². The van der Waals surface area contributed by atoms with Crippen LogP contribution in [-0.4, -0.2) is 36.5 Å². The summed E-state index contributed by atoms with van der Waals surface area (Å²) < 4.78 is 37.4. The van der Waals surface area contributed by atoms with Gasteiger partial charge in [-0.25, -0.2) is 13.6 Å². The Labute approximate surface area is 156 Å². The van der Waals surface area contributed by atoms with E-state index in [-0.39, 0.29) is 18.9 Å². The monoisotopic (exact) mass is 383 g/mol. The Morgan fingerprint density at radius 1 is 1.19 bits per heavy atom. The van der Waals surface area contributed by atoms with Gasteiger partial charge in [-0.05, 0) is 31.4 Å². The molecule has 1 amide bonds. The number of para-hydroxylation sites is 1. The Balaban J connectivity index is 2.03. The van der Waals surface area contributed by atoms with Crippen molar-refractivity contribution in [3.63, 3.8) is 0 Å². The number of ketones is 1. The summed E-state index contributed by atoms with van der Waals surface area (Å²) in [6, 6.07) is 3.25. The van der Waals surface area contributed by atoms with Crippen LogP contribution in [0.5, 0.6) is 0 Å². The summed E-state index contributed by atoms with van der Waals surface area (Å²) in [5.74, 6) is -4.22. The van der Waals surface area contributed by atoms with Gasteiger partial charge in [-0.3, -0.25) is 9.59 Å². The molecule has 1 aromatic carbocycles. The third-order valence-electron chi connectivity index (χ3n) is 4.11. The Morgan fingerprint density at radius 2 is 1.81 bits per heavy atom. The van der Waals surface area contributed by atoms with Crippen molar-refractivity contribution in [1.29, 1.82) is 0 Å². The molecule has 0 aliphatic carbocycles. The van der Waals surface area contributed by atoms with E-state index in [4.69, 9.17) is 9.47 Å². The number of rotatable bonds is 9. The molecule has 1 aliphatic heterocycles. The lowest BCUT2D eigenvalue weighted by molar-refractivity contribution is -0.144. The lowest BCUT2D eigenvalue weighted by atomic mass is 9.90. The van der Waals surface area contributed by atoms with E-state index in [0.29, 0.717) is 6.42 Å². The number of epoxide rings is 1. The van der Waals surface area contributed by atoms with Crippen molar-refractivity contribution >= 4 is 23.3 Å². The third-order valence-corrected chi connectivity index (χ3v) is 4.11. The second-order valence-corrected chi connectivity index (χ2v) is 6.81. The predicted octanol–water partition coefficient (Wildman–Crippen LogP) is 2.86. The number of hydrogen-bond acceptors (Lipinski definition) is 5. The number of Topliss-reactive ketones (excluding diaryl/α,β-unsaturated/α-hetero) is 1. The molecular formula is C19H23F2NO5. The molecule has 0 aromatic heterocycles. The number of hydrogen-bond donors (Lipinski definition) is 1. The maximum absolute atomic E-state index is 13.8. The summed E-state index contributed by atoms with van der Waals surface area (Å²) in [7, 11) is 0. The largest absolute Gasteiger partial charge is 0.464 e. The van der Waals surface area contributed by atoms with Crippen LogP contribution in [0.2, 0.25) is 0 Å². The molecular weight excluding hydrogens is 360 g/mol. The van der Waals surface area contributed by atoms with E-state index in [1.54, 1.807) is 6.92 Å². The number of benzene rings is 1. The minimum atomic E-state index is -0.941. The van der Waals surface area contributed by atoms with Gasteiger partial charge < -0.3 is 14.8 Å². The Bertz CT molecular complexity index is 702. The molecule has 2 rings (SSSR count). The molecule has 1 saturated heterocycles. The standard InChI is InChI=1S/C19H23F2NO5/c1-4-26-19(25)17-16(27-17)14(23)9-11(8-10(2)3)18(24)22-15-12(20)6-5-7-13(15)21/h5-7,10-11,16-17H,4,8-9H2,1-3H3,(H,22,24)/t11-,16-,17+/m1/s1. The first-order valence-corrected chi connectivity index (χ1v) is 8.84. The van der Waals surface area contributed by atoms with Crippen molar-refractivity contribution in [2.75, 3.05) is 11.9 Å². The topological polar surface area (TPSA) is 85.0 Å². The van der Waals surface area contributed by atoms with Gasteiger partial charge in [0.05, 0.1) is 6.61 Å². The average Bonchev–Trinajstić information content (AvgIpc) is 3.38. The minimum Gasteiger partial charge on any atom is -0.464 e. The van der Waals surface area contributed by atoms with E-state index in [1.807, 2.05) is 13.8 Å². The van der Waals surface area contributed by atoms with Crippen molar-refractivity contribution < 1.29 is 32.6 Å². The minimum absolute atomic E-state index is 0.0694. The molecule has 1 N–H and O–H groups in total. The summed E-state index contributed by atoms with van der Waals surface area (Å²) in [4.78, 5) is 36.4. The Kier molecular flexibility index (Phi) is 7.01. The van der Waals surface area contributed by atoms with Crippen molar-refractivity contribution in [2.24, 2.45) is 11.8 Å². The number of ether oxygens (including phenoxy) is 2. The number of nitrogens with one attached hydrogen (secondary N) is 1. The highest BCUT2D eigenvalue weighted by Gasteiger charge is 2.51. The maximum Gasteiger partial charge on any atom is 0.338 e. The molecule has 3 atom stereocenters. The highest BCUT2D eigenvalue weighted by Crippen LogP contribution is 2.29. The number of esters is 1. The van der Waals surface area contributed by atoms with E-state index in [9.17, 15) is 23.2 Å². The van der Waals surface area contributed by atoms with Gasteiger partial charge in [0.25, 0.3) is 0 Å². The lowest BCUT2D eigenvalue weighted by Gasteiger charge is -2.18. The SMILES string of the molecule is CCOC(=O)[C@H]1O[C@@H]1C(=O)C[C@@H](CC(C)C)C(=O)Nc1c(F)cccc1F. The molecule has 8 heteroatoms. The molecule has 0 unspecified atom stereocenters. The predicted molar refractivity (Wildman–Crippen MR) is 92.9 cm³/mol. The van der Waals surface area contributed by atoms with Crippen LogP contribution in [-0.2, 0) is 23.9 Å². The fraction of sp³-hybridized carbons (Fsp3) is 0.526. The fourth-order valence-corrected chi connectivity index (χ4v) is 2.81. The van der Waals surface area contributed by atoms with Gasteiger partial charge in [-0.2, -0.15) is 0 Å². The molecule has 0 radical (unpaired) electrons. The second-order valence-electron chi connectivity index (χ2n) is 6.81. The van der Waals surface area contributed by atoms with Crippen LogP contribution in [0.4, 0.5) is 14.5 Å². The molecule has 6 nitrogen and oxygen atoms in total. The van der Waals surface area contributed by atoms with E-state index in [0.717, 1.165) is 12.1 Å². The van der Waals surface area contributed by atoms with E-state index < -0.39 is 53.1 Å². The number of halogens is 2. The molecule has 27 heavy (non-hydrogen) atoms. The quantitative estimate of drug-likeness (QED) is 0.524. The summed E-state index contributed by atoms with van der Waals surface area (Å²) in [6.07, 6.45) is -1.73. The van der Waals surface area contributed by atoms with Crippen LogP contribution in [0.1, 0.15) is 33.6 Å². The van der Waals surface area contributed by atoms with Crippen molar-refractivity contribution in [3.05, 3.63) is 29.8 Å².